The van der Waals surface area contributed by atoms with Crippen LogP contribution in [0.5, 0.6) is 0 Å². The van der Waals surface area contributed by atoms with Crippen molar-refractivity contribution in [2.45, 2.75) is 43.9 Å². The standard InChI is InChI=1S/C11H21NO3/c1-9-10(2-5-15-9)12-8-11(13)3-6-14-7-4-11/h9-10,12-13H,2-8H2,1H3. The van der Waals surface area contributed by atoms with E-state index in [-0.39, 0.29) is 6.10 Å². The number of hydrogen-bond acceptors (Lipinski definition) is 4. The average molecular weight is 215 g/mol. The number of aliphatic hydroxyl groups is 1. The molecule has 2 heterocycles. The Labute approximate surface area is 90.9 Å². The molecule has 0 spiro atoms. The molecule has 2 aliphatic heterocycles. The summed E-state index contributed by atoms with van der Waals surface area (Å²) in [5.74, 6) is 0. The SMILES string of the molecule is CC1OCCC1NCC1(O)CCOCC1. The lowest BCUT2D eigenvalue weighted by molar-refractivity contribution is -0.0634. The number of ether oxygens (including phenoxy) is 2. The highest BCUT2D eigenvalue weighted by molar-refractivity contribution is 4.87. The third-order valence-electron chi connectivity index (χ3n) is 3.49. The second kappa shape index (κ2) is 4.78. The lowest BCUT2D eigenvalue weighted by atomic mass is 9.94. The molecule has 2 fully saturated rings. The van der Waals surface area contributed by atoms with Crippen LogP contribution < -0.4 is 5.32 Å². The van der Waals surface area contributed by atoms with E-state index in [0.29, 0.717) is 25.8 Å². The largest absolute Gasteiger partial charge is 0.388 e. The van der Waals surface area contributed by atoms with Crippen LogP contribution in [0.1, 0.15) is 26.2 Å². The molecule has 0 saturated carbocycles. The molecule has 4 heteroatoms. The topological polar surface area (TPSA) is 50.7 Å². The van der Waals surface area contributed by atoms with Crippen LogP contribution in [0.3, 0.4) is 0 Å². The van der Waals surface area contributed by atoms with Crippen LogP contribution in [0.4, 0.5) is 0 Å². The normalized spacial score (nSPS) is 35.6. The second-order valence-electron chi connectivity index (χ2n) is 4.69. The monoisotopic (exact) mass is 215 g/mol. The summed E-state index contributed by atoms with van der Waals surface area (Å²) in [6, 6.07) is 0.400. The van der Waals surface area contributed by atoms with Crippen molar-refractivity contribution in [3.8, 4) is 0 Å². The molecule has 0 aliphatic carbocycles. The van der Waals surface area contributed by atoms with E-state index in [2.05, 4.69) is 12.2 Å². The van der Waals surface area contributed by atoms with Crippen molar-refractivity contribution in [1.29, 1.82) is 0 Å². The zero-order valence-electron chi connectivity index (χ0n) is 9.37. The predicted octanol–water partition coefficient (Wildman–Crippen LogP) is 0.295. The Morgan fingerprint density at radius 1 is 1.33 bits per heavy atom. The van der Waals surface area contributed by atoms with E-state index in [4.69, 9.17) is 9.47 Å². The molecule has 15 heavy (non-hydrogen) atoms. The maximum absolute atomic E-state index is 10.2. The van der Waals surface area contributed by atoms with E-state index in [0.717, 1.165) is 25.9 Å². The van der Waals surface area contributed by atoms with Crippen molar-refractivity contribution in [2.75, 3.05) is 26.4 Å². The average Bonchev–Trinajstić information content (AvgIpc) is 2.62. The van der Waals surface area contributed by atoms with Crippen LogP contribution in [-0.2, 0) is 9.47 Å². The van der Waals surface area contributed by atoms with E-state index >= 15 is 0 Å². The molecule has 2 aliphatic rings. The molecule has 2 unspecified atom stereocenters. The van der Waals surface area contributed by atoms with Crippen LogP contribution in [0, 0.1) is 0 Å². The zero-order chi connectivity index (χ0) is 10.7. The summed E-state index contributed by atoms with van der Waals surface area (Å²) >= 11 is 0. The van der Waals surface area contributed by atoms with Crippen LogP contribution in [-0.4, -0.2) is 49.2 Å². The molecule has 0 aromatic carbocycles. The van der Waals surface area contributed by atoms with Crippen LogP contribution in [0.15, 0.2) is 0 Å². The minimum atomic E-state index is -0.569. The second-order valence-corrected chi connectivity index (χ2v) is 4.69. The lowest BCUT2D eigenvalue weighted by Crippen LogP contribution is -2.49. The Hall–Kier alpha value is -0.160. The van der Waals surface area contributed by atoms with Gasteiger partial charge in [0.15, 0.2) is 0 Å². The van der Waals surface area contributed by atoms with Gasteiger partial charge in [-0.05, 0) is 13.3 Å². The first-order valence-electron chi connectivity index (χ1n) is 5.85. The number of rotatable bonds is 3. The van der Waals surface area contributed by atoms with Crippen LogP contribution >= 0.6 is 0 Å². The molecule has 2 rings (SSSR count). The van der Waals surface area contributed by atoms with Crippen molar-refractivity contribution < 1.29 is 14.6 Å². The van der Waals surface area contributed by atoms with Gasteiger partial charge in [-0.2, -0.15) is 0 Å². The molecule has 0 aromatic rings. The Morgan fingerprint density at radius 3 is 2.67 bits per heavy atom. The van der Waals surface area contributed by atoms with Crippen LogP contribution in [0.25, 0.3) is 0 Å². The highest BCUT2D eigenvalue weighted by Crippen LogP contribution is 2.21. The van der Waals surface area contributed by atoms with Gasteiger partial charge in [0, 0.05) is 45.2 Å². The fraction of sp³-hybridized carbons (Fsp3) is 1.00. The number of hydrogen-bond donors (Lipinski definition) is 2. The van der Waals surface area contributed by atoms with Gasteiger partial charge < -0.3 is 19.9 Å². The lowest BCUT2D eigenvalue weighted by Gasteiger charge is -2.33. The molecule has 4 nitrogen and oxygen atoms in total. The minimum absolute atomic E-state index is 0.272. The van der Waals surface area contributed by atoms with Gasteiger partial charge in [0.2, 0.25) is 0 Å². The first-order chi connectivity index (χ1) is 7.20. The summed E-state index contributed by atoms with van der Waals surface area (Å²) in [5, 5.41) is 13.6. The van der Waals surface area contributed by atoms with Crippen molar-refractivity contribution in [3.63, 3.8) is 0 Å². The van der Waals surface area contributed by atoms with Gasteiger partial charge in [0.05, 0.1) is 11.7 Å². The fourth-order valence-electron chi connectivity index (χ4n) is 2.25. The van der Waals surface area contributed by atoms with Gasteiger partial charge in [0.1, 0.15) is 0 Å². The first kappa shape index (κ1) is 11.3. The molecular weight excluding hydrogens is 194 g/mol. The Morgan fingerprint density at radius 2 is 2.07 bits per heavy atom. The highest BCUT2D eigenvalue weighted by atomic mass is 16.5. The van der Waals surface area contributed by atoms with E-state index in [1.165, 1.54) is 0 Å². The number of nitrogens with one attached hydrogen (secondary N) is 1. The van der Waals surface area contributed by atoms with E-state index in [9.17, 15) is 5.11 Å². The molecule has 0 radical (unpaired) electrons. The molecule has 2 atom stereocenters. The van der Waals surface area contributed by atoms with Crippen molar-refractivity contribution in [3.05, 3.63) is 0 Å². The minimum Gasteiger partial charge on any atom is -0.388 e. The zero-order valence-corrected chi connectivity index (χ0v) is 9.37. The van der Waals surface area contributed by atoms with Gasteiger partial charge in [-0.3, -0.25) is 0 Å². The summed E-state index contributed by atoms with van der Waals surface area (Å²) in [7, 11) is 0. The van der Waals surface area contributed by atoms with Crippen molar-refractivity contribution >= 4 is 0 Å². The van der Waals surface area contributed by atoms with E-state index < -0.39 is 5.60 Å². The molecule has 0 amide bonds. The Balaban J connectivity index is 1.76. The summed E-state index contributed by atoms with van der Waals surface area (Å²) < 4.78 is 10.7. The van der Waals surface area contributed by atoms with Gasteiger partial charge in [-0.25, -0.2) is 0 Å². The van der Waals surface area contributed by atoms with Gasteiger partial charge in [-0.15, -0.1) is 0 Å². The predicted molar refractivity (Wildman–Crippen MR) is 56.8 cm³/mol. The van der Waals surface area contributed by atoms with Crippen LogP contribution in [0.2, 0.25) is 0 Å². The Kier molecular flexibility index (Phi) is 3.61. The smallest absolute Gasteiger partial charge is 0.0815 e. The third-order valence-corrected chi connectivity index (χ3v) is 3.49. The van der Waals surface area contributed by atoms with E-state index in [1.54, 1.807) is 0 Å². The van der Waals surface area contributed by atoms with Gasteiger partial charge in [0.25, 0.3) is 0 Å². The summed E-state index contributed by atoms with van der Waals surface area (Å²) in [5.41, 5.74) is -0.569. The van der Waals surface area contributed by atoms with Crippen molar-refractivity contribution in [2.24, 2.45) is 0 Å². The van der Waals surface area contributed by atoms with Crippen molar-refractivity contribution in [1.82, 2.24) is 5.32 Å². The molecule has 88 valence electrons. The van der Waals surface area contributed by atoms with E-state index in [1.807, 2.05) is 0 Å². The molecule has 0 bridgehead atoms. The quantitative estimate of drug-likeness (QED) is 0.710. The van der Waals surface area contributed by atoms with Gasteiger partial charge in [-0.1, -0.05) is 0 Å². The molecule has 0 aromatic heterocycles. The molecule has 2 saturated heterocycles. The highest BCUT2D eigenvalue weighted by Gasteiger charge is 2.32. The Bertz CT molecular complexity index is 204. The fourth-order valence-corrected chi connectivity index (χ4v) is 2.25. The maximum Gasteiger partial charge on any atom is 0.0815 e. The van der Waals surface area contributed by atoms with Gasteiger partial charge >= 0.3 is 0 Å². The maximum atomic E-state index is 10.2. The first-order valence-corrected chi connectivity index (χ1v) is 5.85. The molecular formula is C11H21NO3. The third kappa shape index (κ3) is 2.91. The summed E-state index contributed by atoms with van der Waals surface area (Å²) in [6.07, 6.45) is 2.80. The molecule has 2 N–H and O–H groups in total. The summed E-state index contributed by atoms with van der Waals surface area (Å²) in [6.45, 7) is 4.93. The summed E-state index contributed by atoms with van der Waals surface area (Å²) in [4.78, 5) is 0.